The van der Waals surface area contributed by atoms with E-state index >= 15 is 0 Å². The highest BCUT2D eigenvalue weighted by atomic mass is 35.5. The van der Waals surface area contributed by atoms with Crippen LogP contribution in [0, 0.1) is 0 Å². The van der Waals surface area contributed by atoms with Gasteiger partial charge in [0.15, 0.2) is 0 Å². The quantitative estimate of drug-likeness (QED) is 0.217. The lowest BCUT2D eigenvalue weighted by Crippen LogP contribution is -2.12. The zero-order valence-corrected chi connectivity index (χ0v) is 29.9. The molecule has 0 saturated heterocycles. The highest BCUT2D eigenvalue weighted by Crippen LogP contribution is 2.30. The van der Waals surface area contributed by atoms with E-state index in [9.17, 15) is 13.2 Å². The minimum absolute atomic E-state index is 0. The molecule has 11 heteroatoms. The molecule has 0 aliphatic rings. The van der Waals surface area contributed by atoms with Gasteiger partial charge in [-0.05, 0) is 96.0 Å². The fraction of sp³-hybridized carbons (Fsp3) is 0.382. The second-order valence-corrected chi connectivity index (χ2v) is 14.1. The van der Waals surface area contributed by atoms with Crippen LogP contribution in [0.15, 0.2) is 66.9 Å². The Hall–Kier alpha value is -2.91. The molecule has 0 aliphatic heterocycles. The van der Waals surface area contributed by atoms with E-state index in [0.29, 0.717) is 21.7 Å². The van der Waals surface area contributed by atoms with E-state index in [0.717, 1.165) is 39.5 Å². The van der Waals surface area contributed by atoms with E-state index in [4.69, 9.17) is 34.8 Å². The van der Waals surface area contributed by atoms with Crippen molar-refractivity contribution in [3.8, 4) is 0 Å². The number of carbonyl (C=O) groups is 1. The van der Waals surface area contributed by atoms with Crippen molar-refractivity contribution in [1.82, 2.24) is 0 Å². The number of nitrogens with one attached hydrogen (secondary N) is 3. The molecule has 0 radical (unpaired) electrons. The third-order valence-corrected chi connectivity index (χ3v) is 7.27. The first-order valence-electron chi connectivity index (χ1n) is 14.0. The normalized spacial score (nSPS) is 10.6. The van der Waals surface area contributed by atoms with Gasteiger partial charge >= 0.3 is 6.09 Å². The summed E-state index contributed by atoms with van der Waals surface area (Å²) in [5, 5.41) is 7.93. The van der Waals surface area contributed by atoms with Crippen LogP contribution in [0.3, 0.4) is 0 Å². The molecule has 0 heterocycles. The zero-order valence-electron chi connectivity index (χ0n) is 26.8. The number of halogens is 3. The highest BCUT2D eigenvalue weighted by Gasteiger charge is 2.12. The average molecular weight is 701 g/mol. The SMILES string of the molecule is C.C=C(C)Nc1ccc(Cl)cc1C(C)C.CC(C)c1cc(Cl)ccc1NS(C)(=O)=O.COC(=O)Nc1ccc(Cl)cc1C(C)C. The Morgan fingerprint density at radius 2 is 1.04 bits per heavy atom. The van der Waals surface area contributed by atoms with Crippen LogP contribution in [-0.2, 0) is 14.8 Å². The van der Waals surface area contributed by atoms with Gasteiger partial charge in [-0.15, -0.1) is 0 Å². The Morgan fingerprint density at radius 1 is 0.711 bits per heavy atom. The van der Waals surface area contributed by atoms with Crippen LogP contribution in [0.5, 0.6) is 0 Å². The molecule has 0 unspecified atom stereocenters. The Morgan fingerprint density at radius 3 is 1.36 bits per heavy atom. The van der Waals surface area contributed by atoms with Crippen molar-refractivity contribution in [2.45, 2.75) is 73.6 Å². The van der Waals surface area contributed by atoms with E-state index in [2.05, 4.69) is 40.5 Å². The molecule has 1 amide bonds. The van der Waals surface area contributed by atoms with Crippen molar-refractivity contribution in [1.29, 1.82) is 0 Å². The minimum Gasteiger partial charge on any atom is -0.453 e. The van der Waals surface area contributed by atoms with Gasteiger partial charge < -0.3 is 10.1 Å². The van der Waals surface area contributed by atoms with Crippen LogP contribution in [0.1, 0.15) is 90.3 Å². The molecule has 0 spiro atoms. The lowest BCUT2D eigenvalue weighted by atomic mass is 10.0. The molecule has 3 aromatic carbocycles. The summed E-state index contributed by atoms with van der Waals surface area (Å²) in [5.74, 6) is 0.958. The molecular weight excluding hydrogens is 653 g/mol. The summed E-state index contributed by atoms with van der Waals surface area (Å²) in [5.41, 5.74) is 6.48. The molecule has 0 aliphatic carbocycles. The number of allylic oxidation sites excluding steroid dienone is 1. The Labute approximate surface area is 285 Å². The molecule has 3 rings (SSSR count). The molecule has 0 saturated carbocycles. The first-order chi connectivity index (χ1) is 20.3. The van der Waals surface area contributed by atoms with E-state index in [1.165, 1.54) is 12.7 Å². The monoisotopic (exact) mass is 699 g/mol. The zero-order chi connectivity index (χ0) is 33.8. The Bertz CT molecular complexity index is 1530. The maximum Gasteiger partial charge on any atom is 0.411 e. The minimum atomic E-state index is -3.24. The Kier molecular flexibility index (Phi) is 18.3. The fourth-order valence-corrected chi connectivity index (χ4v) is 5.07. The number of hydrogen-bond donors (Lipinski definition) is 3. The topological polar surface area (TPSA) is 96.5 Å². The molecule has 0 aromatic heterocycles. The molecule has 0 fully saturated rings. The number of carbonyl (C=O) groups excluding carboxylic acids is 1. The van der Waals surface area contributed by atoms with Gasteiger partial charge in [-0.2, -0.15) is 0 Å². The molecule has 3 N–H and O–H groups in total. The number of hydrogen-bond acceptors (Lipinski definition) is 5. The van der Waals surface area contributed by atoms with Crippen LogP contribution >= 0.6 is 34.8 Å². The van der Waals surface area contributed by atoms with Gasteiger partial charge in [0.1, 0.15) is 0 Å². The predicted molar refractivity (Wildman–Crippen MR) is 196 cm³/mol. The summed E-state index contributed by atoms with van der Waals surface area (Å²) < 4.78 is 29.2. The lowest BCUT2D eigenvalue weighted by Gasteiger charge is -2.14. The van der Waals surface area contributed by atoms with E-state index in [1.807, 2.05) is 58.9 Å². The van der Waals surface area contributed by atoms with Crippen molar-refractivity contribution >= 4 is 68.0 Å². The smallest absolute Gasteiger partial charge is 0.411 e. The number of ether oxygens (including phenoxy) is 1. The second kappa shape index (κ2) is 19.6. The maximum absolute atomic E-state index is 11.1. The van der Waals surface area contributed by atoms with Crippen molar-refractivity contribution in [2.75, 3.05) is 28.7 Å². The van der Waals surface area contributed by atoms with E-state index in [-0.39, 0.29) is 19.3 Å². The van der Waals surface area contributed by atoms with E-state index < -0.39 is 16.1 Å². The van der Waals surface area contributed by atoms with Gasteiger partial charge in [-0.25, -0.2) is 13.2 Å². The number of methoxy groups -OCH3 is 1. The number of anilines is 3. The van der Waals surface area contributed by atoms with Crippen molar-refractivity contribution in [3.05, 3.63) is 98.6 Å². The number of rotatable bonds is 8. The van der Waals surface area contributed by atoms with Crippen molar-refractivity contribution in [2.24, 2.45) is 0 Å². The fourth-order valence-electron chi connectivity index (χ4n) is 3.95. The van der Waals surface area contributed by atoms with Crippen LogP contribution in [0.25, 0.3) is 0 Å². The van der Waals surface area contributed by atoms with Gasteiger partial charge in [0.05, 0.1) is 19.1 Å². The van der Waals surface area contributed by atoms with Crippen molar-refractivity contribution in [3.63, 3.8) is 0 Å². The molecule has 7 nitrogen and oxygen atoms in total. The van der Waals surface area contributed by atoms with Gasteiger partial charge in [-0.1, -0.05) is 90.4 Å². The summed E-state index contributed by atoms with van der Waals surface area (Å²) in [6.07, 6.45) is 0.658. The number of amides is 1. The average Bonchev–Trinajstić information content (AvgIpc) is 2.91. The third-order valence-electron chi connectivity index (χ3n) is 5.97. The van der Waals surface area contributed by atoms with Gasteiger partial charge in [-0.3, -0.25) is 10.0 Å². The van der Waals surface area contributed by atoms with Gasteiger partial charge in [0.2, 0.25) is 10.0 Å². The molecule has 250 valence electrons. The summed E-state index contributed by atoms with van der Waals surface area (Å²) in [7, 11) is -1.91. The Balaban J connectivity index is 0.000000639. The summed E-state index contributed by atoms with van der Waals surface area (Å²) >= 11 is 17.7. The predicted octanol–water partition coefficient (Wildman–Crippen LogP) is 11.5. The van der Waals surface area contributed by atoms with Gasteiger partial charge in [0, 0.05) is 32.1 Å². The molecule has 0 bridgehead atoms. The lowest BCUT2D eigenvalue weighted by molar-refractivity contribution is 0.187. The van der Waals surface area contributed by atoms with Crippen molar-refractivity contribution < 1.29 is 17.9 Å². The summed E-state index contributed by atoms with van der Waals surface area (Å²) in [6, 6.07) is 16.4. The first kappa shape index (κ1) is 42.1. The third kappa shape index (κ3) is 15.8. The van der Waals surface area contributed by atoms with Crippen LogP contribution in [0.2, 0.25) is 15.1 Å². The number of sulfonamides is 1. The second-order valence-electron chi connectivity index (χ2n) is 11.1. The van der Waals surface area contributed by atoms with Crippen LogP contribution in [0.4, 0.5) is 21.9 Å². The maximum atomic E-state index is 11.1. The van der Waals surface area contributed by atoms with E-state index in [1.54, 1.807) is 30.3 Å². The largest absolute Gasteiger partial charge is 0.453 e. The van der Waals surface area contributed by atoms with Crippen LogP contribution in [-0.4, -0.2) is 27.9 Å². The highest BCUT2D eigenvalue weighted by molar-refractivity contribution is 7.92. The molecule has 3 aromatic rings. The number of benzene rings is 3. The molecule has 0 atom stereocenters. The molecule has 45 heavy (non-hydrogen) atoms. The first-order valence-corrected chi connectivity index (χ1v) is 17.0. The molecular formula is C34H48Cl3N3O4S. The summed E-state index contributed by atoms with van der Waals surface area (Å²) in [4.78, 5) is 11.1. The standard InChI is InChI=1S/C12H16ClN.C11H14ClNO2.C10H14ClNO2S.CH4/c1-8(2)11-7-10(13)5-6-12(11)14-9(3)4;1-7(2)9-6-8(12)4-5-10(9)13-11(14)15-3;1-7(2)9-6-8(11)4-5-10(9)12-15(3,13)14;/h5-8,14H,3H2,1-2,4H3;4-7H,1-3H3,(H,13,14);4-7,12H,1-3H3;1H4. The van der Waals surface area contributed by atoms with Gasteiger partial charge in [0.25, 0.3) is 0 Å². The van der Waals surface area contributed by atoms with Crippen LogP contribution < -0.4 is 15.4 Å². The summed E-state index contributed by atoms with van der Waals surface area (Å²) in [6.45, 7) is 18.1.